The van der Waals surface area contributed by atoms with E-state index in [2.05, 4.69) is 25.9 Å². The lowest BCUT2D eigenvalue weighted by Gasteiger charge is -2.19. The van der Waals surface area contributed by atoms with Crippen LogP contribution in [0.15, 0.2) is 35.3 Å². The zero-order valence-electron chi connectivity index (χ0n) is 32.5. The summed E-state index contributed by atoms with van der Waals surface area (Å²) in [4.78, 5) is 76.8. The van der Waals surface area contributed by atoms with E-state index in [-0.39, 0.29) is 41.2 Å². The first kappa shape index (κ1) is 48.3. The van der Waals surface area contributed by atoms with Gasteiger partial charge >= 0.3 is 30.1 Å². The fourth-order valence-corrected chi connectivity index (χ4v) is 5.13. The molecule has 56 heavy (non-hydrogen) atoms. The number of amides is 3. The Bertz CT molecular complexity index is 1970. The number of aryl methyl sites for hydroxylation is 2. The van der Waals surface area contributed by atoms with Crippen molar-refractivity contribution in [1.82, 2.24) is 19.1 Å². The summed E-state index contributed by atoms with van der Waals surface area (Å²) in [6.45, 7) is 14.6. The lowest BCUT2D eigenvalue weighted by molar-refractivity contribution is 0.0511. The lowest BCUT2D eigenvalue weighted by atomic mass is 10.2. The number of carbonyl (C=O) groups excluding carboxylic acids is 5. The van der Waals surface area contributed by atoms with Crippen LogP contribution in [0, 0.1) is 0 Å². The SMILES string of the molecule is CCOC(=O)c1csc(N)n1.CCOC(=O)c1csc(NC(=O)c2cc(NC(=O)OC(C)(C)C)cn2C)n1.Cl.Cn1cc(NC(=O)OC(C)(C)C)cc1C(=O)O. The highest BCUT2D eigenvalue weighted by Gasteiger charge is 2.21. The van der Waals surface area contributed by atoms with Crippen molar-refractivity contribution in [3.05, 3.63) is 58.1 Å². The molecule has 4 heterocycles. The van der Waals surface area contributed by atoms with Crippen LogP contribution in [0.1, 0.15) is 97.3 Å². The van der Waals surface area contributed by atoms with Gasteiger partial charge in [-0.05, 0) is 67.5 Å². The van der Waals surface area contributed by atoms with Gasteiger partial charge in [-0.1, -0.05) is 0 Å². The molecule has 0 spiro atoms. The Morgan fingerprint density at radius 1 is 0.732 bits per heavy atom. The molecule has 4 rings (SSSR count). The van der Waals surface area contributed by atoms with Gasteiger partial charge < -0.3 is 38.9 Å². The highest BCUT2D eigenvalue weighted by Crippen LogP contribution is 2.20. The topological polar surface area (TPSA) is 257 Å². The van der Waals surface area contributed by atoms with Crippen molar-refractivity contribution in [2.24, 2.45) is 14.1 Å². The Kier molecular flexibility index (Phi) is 18.5. The number of carboxylic acids is 1. The molecule has 6 N–H and O–H groups in total. The number of carboxylic acid groups (broad SMARTS) is 1. The van der Waals surface area contributed by atoms with Crippen LogP contribution in [0.25, 0.3) is 0 Å². The number of carbonyl (C=O) groups is 6. The molecule has 0 unspecified atom stereocenters. The fraction of sp³-hybridized carbons (Fsp3) is 0.412. The summed E-state index contributed by atoms with van der Waals surface area (Å²) >= 11 is 2.34. The summed E-state index contributed by atoms with van der Waals surface area (Å²) in [6.07, 6.45) is 1.87. The van der Waals surface area contributed by atoms with Crippen molar-refractivity contribution in [3.8, 4) is 0 Å². The molecule has 0 radical (unpaired) electrons. The normalized spacial score (nSPS) is 10.5. The van der Waals surface area contributed by atoms with Crippen LogP contribution in [-0.2, 0) is 33.0 Å². The molecule has 0 saturated heterocycles. The van der Waals surface area contributed by atoms with E-state index in [4.69, 9.17) is 29.8 Å². The minimum atomic E-state index is -1.05. The average molecular weight is 843 g/mol. The van der Waals surface area contributed by atoms with Crippen molar-refractivity contribution >= 4 is 92.7 Å². The predicted molar refractivity (Wildman–Crippen MR) is 213 cm³/mol. The molecular formula is C34H47ClN8O11S2. The number of aromatic nitrogens is 4. The monoisotopic (exact) mass is 842 g/mol. The van der Waals surface area contributed by atoms with E-state index in [1.165, 1.54) is 39.6 Å². The van der Waals surface area contributed by atoms with Crippen LogP contribution >= 0.6 is 35.1 Å². The minimum absolute atomic E-state index is 0. The second-order valence-corrected chi connectivity index (χ2v) is 14.8. The van der Waals surface area contributed by atoms with Gasteiger partial charge in [0, 0.05) is 37.2 Å². The molecule has 308 valence electrons. The molecule has 0 atom stereocenters. The average Bonchev–Trinajstić information content (AvgIpc) is 3.84. The molecule has 0 fully saturated rings. The van der Waals surface area contributed by atoms with Gasteiger partial charge in [0.25, 0.3) is 5.91 Å². The van der Waals surface area contributed by atoms with Crippen LogP contribution in [-0.4, -0.2) is 84.6 Å². The number of anilines is 4. The number of nitrogen functional groups attached to an aromatic ring is 1. The van der Waals surface area contributed by atoms with Gasteiger partial charge in [-0.15, -0.1) is 35.1 Å². The number of nitrogens with two attached hydrogens (primary N) is 1. The molecule has 0 saturated carbocycles. The predicted octanol–water partition coefficient (Wildman–Crippen LogP) is 6.65. The number of aromatic carboxylic acids is 1. The van der Waals surface area contributed by atoms with Gasteiger partial charge in [-0.25, -0.2) is 33.9 Å². The van der Waals surface area contributed by atoms with Crippen LogP contribution in [0.5, 0.6) is 0 Å². The molecule has 0 aromatic carbocycles. The second kappa shape index (κ2) is 21.4. The van der Waals surface area contributed by atoms with Crippen molar-refractivity contribution < 1.29 is 52.8 Å². The number of rotatable bonds is 9. The zero-order chi connectivity index (χ0) is 41.7. The highest BCUT2D eigenvalue weighted by molar-refractivity contribution is 7.14. The first-order valence-electron chi connectivity index (χ1n) is 16.4. The van der Waals surface area contributed by atoms with Crippen LogP contribution in [0.2, 0.25) is 0 Å². The van der Waals surface area contributed by atoms with Crippen molar-refractivity contribution in [3.63, 3.8) is 0 Å². The molecule has 3 amide bonds. The third-order valence-electron chi connectivity index (χ3n) is 5.97. The molecule has 0 aliphatic carbocycles. The van der Waals surface area contributed by atoms with E-state index in [0.29, 0.717) is 28.8 Å². The standard InChI is InChI=1S/C17H22N4O5S.C11H16N2O4.C6H8N2O2S.ClH/c1-6-25-14(23)11-9-27-15(19-11)20-13(22)12-7-10(8-21(12)5)18-16(24)26-17(2,3)4;1-11(2,3)17-10(16)12-7-5-8(9(14)15)13(4)6-7;1-2-10-5(9)4-3-11-6(7)8-4;/h7-9H,6H2,1-5H3,(H,18,24)(H,19,20,22);5-6H,1-4H3,(H,12,16)(H,14,15);3H,2H2,1H3,(H2,7,8);1H. The van der Waals surface area contributed by atoms with E-state index in [0.717, 1.165) is 11.3 Å². The molecule has 0 aliphatic heterocycles. The summed E-state index contributed by atoms with van der Waals surface area (Å²) in [6, 6.07) is 2.88. The number of hydrogen-bond acceptors (Lipinski definition) is 15. The number of halogens is 1. The van der Waals surface area contributed by atoms with Crippen LogP contribution in [0.4, 0.5) is 31.2 Å². The van der Waals surface area contributed by atoms with Gasteiger partial charge in [0.2, 0.25) is 0 Å². The lowest BCUT2D eigenvalue weighted by Crippen LogP contribution is -2.27. The van der Waals surface area contributed by atoms with E-state index in [1.54, 1.807) is 85.6 Å². The van der Waals surface area contributed by atoms with E-state index >= 15 is 0 Å². The van der Waals surface area contributed by atoms with Crippen molar-refractivity contribution in [1.29, 1.82) is 0 Å². The van der Waals surface area contributed by atoms with E-state index in [9.17, 15) is 28.8 Å². The molecule has 4 aromatic heterocycles. The Labute approximate surface area is 337 Å². The minimum Gasteiger partial charge on any atom is -0.477 e. The van der Waals surface area contributed by atoms with Crippen molar-refractivity contribution in [2.45, 2.75) is 66.6 Å². The summed E-state index contributed by atoms with van der Waals surface area (Å²) in [5.41, 5.74) is 5.72. The third-order valence-corrected chi connectivity index (χ3v) is 7.40. The van der Waals surface area contributed by atoms with Crippen LogP contribution < -0.4 is 21.7 Å². The maximum atomic E-state index is 12.4. The molecule has 4 aromatic rings. The molecular weight excluding hydrogens is 796 g/mol. The number of ether oxygens (including phenoxy) is 4. The number of hydrogen-bond donors (Lipinski definition) is 5. The Hall–Kier alpha value is -5.67. The Morgan fingerprint density at radius 2 is 1.16 bits per heavy atom. The van der Waals surface area contributed by atoms with E-state index < -0.39 is 47.2 Å². The van der Waals surface area contributed by atoms with E-state index in [1.807, 2.05) is 0 Å². The number of thiazole rings is 2. The largest absolute Gasteiger partial charge is 0.477 e. The highest BCUT2D eigenvalue weighted by atomic mass is 35.5. The summed E-state index contributed by atoms with van der Waals surface area (Å²) in [5.74, 6) is -2.44. The van der Waals surface area contributed by atoms with Gasteiger partial charge in [0.05, 0.1) is 24.6 Å². The zero-order valence-corrected chi connectivity index (χ0v) is 34.9. The van der Waals surface area contributed by atoms with Crippen LogP contribution in [0.3, 0.4) is 0 Å². The Balaban J connectivity index is 0.000000461. The van der Waals surface area contributed by atoms with Gasteiger partial charge in [0.15, 0.2) is 21.7 Å². The van der Waals surface area contributed by atoms with Gasteiger partial charge in [-0.2, -0.15) is 0 Å². The molecule has 19 nitrogen and oxygen atoms in total. The van der Waals surface area contributed by atoms with Gasteiger partial charge in [-0.3, -0.25) is 20.7 Å². The van der Waals surface area contributed by atoms with Gasteiger partial charge in [0.1, 0.15) is 22.6 Å². The van der Waals surface area contributed by atoms with Crippen molar-refractivity contribution in [2.75, 3.05) is 34.9 Å². The maximum absolute atomic E-state index is 12.4. The number of nitrogens with one attached hydrogen (secondary N) is 3. The number of esters is 2. The molecule has 0 bridgehead atoms. The summed E-state index contributed by atoms with van der Waals surface area (Å²) in [7, 11) is 3.25. The maximum Gasteiger partial charge on any atom is 0.412 e. The first-order chi connectivity index (χ1) is 25.5. The smallest absolute Gasteiger partial charge is 0.412 e. The summed E-state index contributed by atoms with van der Waals surface area (Å²) < 4.78 is 22.7. The second-order valence-electron chi connectivity index (χ2n) is 13.0. The fourth-order valence-electron chi connectivity index (χ4n) is 3.92. The Morgan fingerprint density at radius 3 is 1.55 bits per heavy atom. The third kappa shape index (κ3) is 16.8. The molecule has 22 heteroatoms. The quantitative estimate of drug-likeness (QED) is 0.0873. The molecule has 0 aliphatic rings. The number of nitrogens with zero attached hydrogens (tertiary/aromatic N) is 4. The summed E-state index contributed by atoms with van der Waals surface area (Å²) in [5, 5.41) is 20.2. The first-order valence-corrected chi connectivity index (χ1v) is 18.2.